The Labute approximate surface area is 121 Å². The van der Waals surface area contributed by atoms with Crippen LogP contribution in [0.2, 0.25) is 18.1 Å². The highest BCUT2D eigenvalue weighted by Gasteiger charge is 2.37. The number of hydrogen-bond acceptors (Lipinski definition) is 4. The van der Waals surface area contributed by atoms with Crippen LogP contribution < -0.4 is 5.32 Å². The van der Waals surface area contributed by atoms with Crippen molar-refractivity contribution in [1.82, 2.24) is 10.2 Å². The predicted octanol–water partition coefficient (Wildman–Crippen LogP) is 1.58. The lowest BCUT2D eigenvalue weighted by Gasteiger charge is -2.36. The number of hydrogen-bond donors (Lipinski definition) is 1. The third-order valence-electron chi connectivity index (χ3n) is 3.87. The largest absolute Gasteiger partial charge is 0.447 e. The van der Waals surface area contributed by atoms with Gasteiger partial charge >= 0.3 is 6.09 Å². The molecule has 2 amide bonds. The molecule has 0 aromatic heterocycles. The summed E-state index contributed by atoms with van der Waals surface area (Å²) in [7, 11) is -1.80. The van der Waals surface area contributed by atoms with Gasteiger partial charge in [-0.05, 0) is 18.1 Å². The Morgan fingerprint density at radius 3 is 2.55 bits per heavy atom. The summed E-state index contributed by atoms with van der Waals surface area (Å²) in [5.74, 6) is -0.147. The molecule has 1 aliphatic heterocycles. The van der Waals surface area contributed by atoms with Gasteiger partial charge in [-0.25, -0.2) is 4.79 Å². The number of nitrogens with one attached hydrogen (secondary N) is 1. The molecule has 0 atom stereocenters. The maximum absolute atomic E-state index is 11.7. The van der Waals surface area contributed by atoms with Crippen molar-refractivity contribution < 1.29 is 18.8 Å². The zero-order chi connectivity index (χ0) is 15.4. The standard InChI is InChI=1S/C13H26N2O4Si/c1-13(2,3)20(4,5)19-9-8-18-12(17)15-7-6-14-11(16)10-15/h6-10H2,1-5H3,(H,14,16). The Balaban J connectivity index is 2.27. The van der Waals surface area contributed by atoms with Crippen LogP contribution in [0.1, 0.15) is 20.8 Å². The monoisotopic (exact) mass is 302 g/mol. The lowest BCUT2D eigenvalue weighted by atomic mass is 10.2. The Kier molecular flexibility index (Phi) is 5.58. The van der Waals surface area contributed by atoms with Crippen LogP contribution in [-0.4, -0.2) is 58.1 Å². The number of rotatable bonds is 4. The highest BCUT2D eigenvalue weighted by atomic mass is 28.4. The molecule has 116 valence electrons. The quantitative estimate of drug-likeness (QED) is 0.632. The van der Waals surface area contributed by atoms with E-state index in [1.54, 1.807) is 0 Å². The van der Waals surface area contributed by atoms with Crippen molar-refractivity contribution in [2.75, 3.05) is 32.8 Å². The van der Waals surface area contributed by atoms with Crippen molar-refractivity contribution in [3.8, 4) is 0 Å². The molecule has 0 aromatic rings. The van der Waals surface area contributed by atoms with Gasteiger partial charge in [0.2, 0.25) is 5.91 Å². The first-order valence-electron chi connectivity index (χ1n) is 6.96. The maximum Gasteiger partial charge on any atom is 0.410 e. The van der Waals surface area contributed by atoms with Crippen molar-refractivity contribution in [3.63, 3.8) is 0 Å². The highest BCUT2D eigenvalue weighted by molar-refractivity contribution is 6.74. The summed E-state index contributed by atoms with van der Waals surface area (Å²) < 4.78 is 11.1. The summed E-state index contributed by atoms with van der Waals surface area (Å²) in [6.07, 6.45) is -0.446. The second-order valence-corrected chi connectivity index (χ2v) is 11.3. The molecule has 0 saturated carbocycles. The fourth-order valence-electron chi connectivity index (χ4n) is 1.53. The Hall–Kier alpha value is -1.08. The Bertz CT molecular complexity index is 366. The minimum Gasteiger partial charge on any atom is -0.447 e. The van der Waals surface area contributed by atoms with Crippen LogP contribution in [0.3, 0.4) is 0 Å². The van der Waals surface area contributed by atoms with Gasteiger partial charge < -0.3 is 14.5 Å². The summed E-state index contributed by atoms with van der Waals surface area (Å²) in [6.45, 7) is 12.5. The molecule has 0 bridgehead atoms. The molecular formula is C13H26N2O4Si. The molecule has 0 radical (unpaired) electrons. The molecule has 0 unspecified atom stereocenters. The van der Waals surface area contributed by atoms with E-state index in [0.29, 0.717) is 19.7 Å². The minimum absolute atomic E-state index is 0.0714. The lowest BCUT2D eigenvalue weighted by Crippen LogP contribution is -2.50. The predicted molar refractivity (Wildman–Crippen MR) is 79.1 cm³/mol. The van der Waals surface area contributed by atoms with Crippen LogP contribution in [0.25, 0.3) is 0 Å². The first-order chi connectivity index (χ1) is 9.13. The molecule has 0 spiro atoms. The summed E-state index contributed by atoms with van der Waals surface area (Å²) in [5.41, 5.74) is 0. The SMILES string of the molecule is CC(C)(C)[Si](C)(C)OCCOC(=O)N1CCNC(=O)C1. The topological polar surface area (TPSA) is 67.9 Å². The van der Waals surface area contributed by atoms with Crippen molar-refractivity contribution in [3.05, 3.63) is 0 Å². The minimum atomic E-state index is -1.80. The van der Waals surface area contributed by atoms with E-state index in [1.807, 2.05) is 0 Å². The number of carbonyl (C=O) groups is 2. The normalized spacial score (nSPS) is 16.9. The van der Waals surface area contributed by atoms with Gasteiger partial charge in [-0.3, -0.25) is 9.69 Å². The Morgan fingerprint density at radius 2 is 2.00 bits per heavy atom. The van der Waals surface area contributed by atoms with Crippen LogP contribution in [0.4, 0.5) is 4.79 Å². The van der Waals surface area contributed by atoms with E-state index in [9.17, 15) is 9.59 Å². The Morgan fingerprint density at radius 1 is 1.35 bits per heavy atom. The summed E-state index contributed by atoms with van der Waals surface area (Å²) in [4.78, 5) is 24.3. The van der Waals surface area contributed by atoms with Gasteiger partial charge in [-0.1, -0.05) is 20.8 Å². The van der Waals surface area contributed by atoms with Crippen LogP contribution >= 0.6 is 0 Å². The second-order valence-electron chi connectivity index (χ2n) is 6.49. The van der Waals surface area contributed by atoms with Gasteiger partial charge in [0.05, 0.1) is 6.61 Å². The number of nitrogens with zero attached hydrogens (tertiary/aromatic N) is 1. The number of carbonyl (C=O) groups excluding carboxylic acids is 2. The fourth-order valence-corrected chi connectivity index (χ4v) is 2.55. The average Bonchev–Trinajstić information content (AvgIpc) is 2.33. The molecular weight excluding hydrogens is 276 g/mol. The molecule has 20 heavy (non-hydrogen) atoms. The van der Waals surface area contributed by atoms with E-state index in [0.717, 1.165) is 0 Å². The van der Waals surface area contributed by atoms with Crippen LogP contribution in [0, 0.1) is 0 Å². The molecule has 0 aliphatic carbocycles. The molecule has 1 saturated heterocycles. The number of ether oxygens (including phenoxy) is 1. The highest BCUT2D eigenvalue weighted by Crippen LogP contribution is 2.36. The van der Waals surface area contributed by atoms with E-state index in [4.69, 9.17) is 9.16 Å². The molecule has 1 N–H and O–H groups in total. The summed E-state index contributed by atoms with van der Waals surface area (Å²) >= 11 is 0. The van der Waals surface area contributed by atoms with Gasteiger partial charge in [0.15, 0.2) is 8.32 Å². The van der Waals surface area contributed by atoms with E-state index in [-0.39, 0.29) is 24.1 Å². The third kappa shape index (κ3) is 4.79. The zero-order valence-corrected chi connectivity index (χ0v) is 14.1. The molecule has 6 nitrogen and oxygen atoms in total. The van der Waals surface area contributed by atoms with Gasteiger partial charge in [0, 0.05) is 13.1 Å². The third-order valence-corrected chi connectivity index (χ3v) is 8.41. The average molecular weight is 302 g/mol. The van der Waals surface area contributed by atoms with Gasteiger partial charge in [-0.2, -0.15) is 0 Å². The molecule has 1 aliphatic rings. The first kappa shape index (κ1) is 17.0. The molecule has 0 aromatic carbocycles. The maximum atomic E-state index is 11.7. The molecule has 7 heteroatoms. The van der Waals surface area contributed by atoms with Gasteiger partial charge in [0.1, 0.15) is 13.2 Å². The first-order valence-corrected chi connectivity index (χ1v) is 9.87. The fraction of sp³-hybridized carbons (Fsp3) is 0.846. The molecule has 1 rings (SSSR count). The smallest absolute Gasteiger partial charge is 0.410 e. The summed E-state index contributed by atoms with van der Waals surface area (Å²) in [5, 5.41) is 2.80. The van der Waals surface area contributed by atoms with Gasteiger partial charge in [-0.15, -0.1) is 0 Å². The van der Waals surface area contributed by atoms with E-state index in [2.05, 4.69) is 39.2 Å². The second kappa shape index (κ2) is 6.58. The molecule has 1 heterocycles. The van der Waals surface area contributed by atoms with Crippen LogP contribution in [0.15, 0.2) is 0 Å². The van der Waals surface area contributed by atoms with Crippen molar-refractivity contribution in [2.45, 2.75) is 38.9 Å². The number of piperazine rings is 1. The van der Waals surface area contributed by atoms with Crippen molar-refractivity contribution in [1.29, 1.82) is 0 Å². The van der Waals surface area contributed by atoms with E-state index in [1.165, 1.54) is 4.90 Å². The van der Waals surface area contributed by atoms with Gasteiger partial charge in [0.25, 0.3) is 0 Å². The summed E-state index contributed by atoms with van der Waals surface area (Å²) in [6, 6.07) is 0. The van der Waals surface area contributed by atoms with E-state index >= 15 is 0 Å². The number of amides is 2. The zero-order valence-electron chi connectivity index (χ0n) is 13.1. The van der Waals surface area contributed by atoms with Crippen molar-refractivity contribution >= 4 is 20.3 Å². The van der Waals surface area contributed by atoms with Crippen molar-refractivity contribution in [2.24, 2.45) is 0 Å². The van der Waals surface area contributed by atoms with Crippen LogP contribution in [-0.2, 0) is 14.0 Å². The van der Waals surface area contributed by atoms with Crippen LogP contribution in [0.5, 0.6) is 0 Å². The van der Waals surface area contributed by atoms with E-state index < -0.39 is 14.4 Å². The lowest BCUT2D eigenvalue weighted by molar-refractivity contribution is -0.123. The molecule has 1 fully saturated rings.